The summed E-state index contributed by atoms with van der Waals surface area (Å²) in [5.74, 6) is -2.58. The number of carboxylic acids is 1. The Balaban J connectivity index is 2.27. The highest BCUT2D eigenvalue weighted by Gasteiger charge is 2.33. The van der Waals surface area contributed by atoms with E-state index in [9.17, 15) is 14.0 Å². The van der Waals surface area contributed by atoms with Crippen molar-refractivity contribution in [2.75, 3.05) is 0 Å². The van der Waals surface area contributed by atoms with Gasteiger partial charge in [-0.2, -0.15) is 0 Å². The predicted octanol–water partition coefficient (Wildman–Crippen LogP) is 2.04. The lowest BCUT2D eigenvalue weighted by Gasteiger charge is -2.23. The number of nitrogens with one attached hydrogen (secondary N) is 1. The summed E-state index contributed by atoms with van der Waals surface area (Å²) in [7, 11) is 0. The van der Waals surface area contributed by atoms with Crippen molar-refractivity contribution in [1.82, 2.24) is 20.3 Å². The van der Waals surface area contributed by atoms with E-state index in [1.807, 2.05) is 0 Å². The lowest BCUT2D eigenvalue weighted by molar-refractivity contribution is -0.143. The van der Waals surface area contributed by atoms with Crippen LogP contribution in [0, 0.1) is 5.82 Å². The Morgan fingerprint density at radius 2 is 2.17 bits per heavy atom. The van der Waals surface area contributed by atoms with Gasteiger partial charge in [-0.3, -0.25) is 4.79 Å². The third-order valence-electron chi connectivity index (χ3n) is 3.47. The molecular weight excluding hydrogens is 327 g/mol. The molecule has 1 heterocycles. The van der Waals surface area contributed by atoms with Gasteiger partial charge in [-0.15, -0.1) is 5.10 Å². The van der Waals surface area contributed by atoms with Gasteiger partial charge >= 0.3 is 5.97 Å². The van der Waals surface area contributed by atoms with Gasteiger partial charge in [-0.05, 0) is 25.5 Å². The van der Waals surface area contributed by atoms with E-state index in [0.29, 0.717) is 0 Å². The Morgan fingerprint density at radius 3 is 2.78 bits per heavy atom. The lowest BCUT2D eigenvalue weighted by atomic mass is 9.99. The average Bonchev–Trinajstić information content (AvgIpc) is 2.99. The maximum Gasteiger partial charge on any atom is 0.329 e. The lowest BCUT2D eigenvalue weighted by Crippen LogP contribution is -2.51. The van der Waals surface area contributed by atoms with E-state index in [0.717, 1.165) is 4.68 Å². The highest BCUT2D eigenvalue weighted by atomic mass is 35.5. The van der Waals surface area contributed by atoms with Crippen LogP contribution in [-0.4, -0.2) is 37.5 Å². The molecule has 0 aliphatic carbocycles. The number of hydrogen-bond acceptors (Lipinski definition) is 4. The van der Waals surface area contributed by atoms with Gasteiger partial charge in [0.05, 0.1) is 11.2 Å². The fraction of sp³-hybridized carbons (Fsp3) is 0.286. The molecule has 1 amide bonds. The molecule has 23 heavy (non-hydrogen) atoms. The minimum Gasteiger partial charge on any atom is -0.480 e. The van der Waals surface area contributed by atoms with Crippen molar-refractivity contribution < 1.29 is 19.1 Å². The van der Waals surface area contributed by atoms with Gasteiger partial charge in [0.2, 0.25) is 0 Å². The monoisotopic (exact) mass is 340 g/mol. The number of nitrogens with zero attached hydrogens (tertiary/aromatic N) is 3. The number of benzene rings is 1. The van der Waals surface area contributed by atoms with E-state index in [2.05, 4.69) is 15.6 Å². The Bertz CT molecular complexity index is 764. The Kier molecular flexibility index (Phi) is 4.65. The molecule has 2 rings (SSSR count). The molecule has 2 N–H and O–H groups in total. The van der Waals surface area contributed by atoms with Gasteiger partial charge in [0, 0.05) is 0 Å². The molecule has 1 aromatic carbocycles. The number of hydrogen-bond donors (Lipinski definition) is 2. The fourth-order valence-electron chi connectivity index (χ4n) is 1.76. The Morgan fingerprint density at radius 1 is 1.48 bits per heavy atom. The molecule has 0 fully saturated rings. The maximum atomic E-state index is 13.9. The molecule has 7 nitrogen and oxygen atoms in total. The van der Waals surface area contributed by atoms with Crippen LogP contribution in [0.1, 0.15) is 30.8 Å². The zero-order chi connectivity index (χ0) is 17.2. The van der Waals surface area contributed by atoms with Crippen LogP contribution in [0.25, 0.3) is 5.69 Å². The molecule has 122 valence electrons. The third-order valence-corrected chi connectivity index (χ3v) is 3.76. The fourth-order valence-corrected chi connectivity index (χ4v) is 1.93. The van der Waals surface area contributed by atoms with E-state index in [1.54, 1.807) is 6.92 Å². The van der Waals surface area contributed by atoms with Crippen LogP contribution in [0.5, 0.6) is 0 Å². The second kappa shape index (κ2) is 6.33. The minimum absolute atomic E-state index is 0.0283. The van der Waals surface area contributed by atoms with Crippen molar-refractivity contribution in [2.24, 2.45) is 0 Å². The second-order valence-electron chi connectivity index (χ2n) is 5.07. The zero-order valence-corrected chi connectivity index (χ0v) is 13.1. The largest absolute Gasteiger partial charge is 0.480 e. The van der Waals surface area contributed by atoms with Gasteiger partial charge in [0.25, 0.3) is 5.91 Å². The number of aliphatic carboxylic acids is 1. The first-order valence-corrected chi connectivity index (χ1v) is 7.09. The Hall–Kier alpha value is -2.48. The van der Waals surface area contributed by atoms with Crippen LogP contribution < -0.4 is 5.32 Å². The predicted molar refractivity (Wildman–Crippen MR) is 80.1 cm³/mol. The van der Waals surface area contributed by atoms with Crippen LogP contribution in [0.3, 0.4) is 0 Å². The standard InChI is InChI=1S/C14H14ClFN4O3/c1-3-14(2,13(22)23)17-12(21)9-7-20(19-18-9)10-6-4-5-8(15)11(10)16/h4-7H,3H2,1-2H3,(H,17,21)(H,22,23). The minimum atomic E-state index is -1.43. The van der Waals surface area contributed by atoms with Gasteiger partial charge in [0.1, 0.15) is 11.2 Å². The second-order valence-corrected chi connectivity index (χ2v) is 5.47. The number of carbonyl (C=O) groups excluding carboxylic acids is 1. The molecule has 0 saturated carbocycles. The summed E-state index contributed by atoms with van der Waals surface area (Å²) in [4.78, 5) is 23.3. The van der Waals surface area contributed by atoms with Crippen LogP contribution in [0.15, 0.2) is 24.4 Å². The van der Waals surface area contributed by atoms with E-state index in [1.165, 1.54) is 31.3 Å². The van der Waals surface area contributed by atoms with Crippen LogP contribution in [0.4, 0.5) is 4.39 Å². The molecule has 2 aromatic rings. The summed E-state index contributed by atoms with van der Waals surface area (Å²) in [6, 6.07) is 4.33. The third kappa shape index (κ3) is 3.31. The van der Waals surface area contributed by atoms with Gasteiger partial charge < -0.3 is 10.4 Å². The van der Waals surface area contributed by atoms with Crippen molar-refractivity contribution in [3.8, 4) is 5.69 Å². The van der Waals surface area contributed by atoms with E-state index in [4.69, 9.17) is 16.7 Å². The number of carboxylic acid groups (broad SMARTS) is 1. The molecule has 1 aromatic heterocycles. The highest BCUT2D eigenvalue weighted by molar-refractivity contribution is 6.30. The van der Waals surface area contributed by atoms with Crippen molar-refractivity contribution in [2.45, 2.75) is 25.8 Å². The summed E-state index contributed by atoms with van der Waals surface area (Å²) in [6.45, 7) is 3.01. The molecule has 1 atom stereocenters. The van der Waals surface area contributed by atoms with Crippen LogP contribution in [-0.2, 0) is 4.79 Å². The highest BCUT2D eigenvalue weighted by Crippen LogP contribution is 2.20. The molecule has 0 radical (unpaired) electrons. The zero-order valence-electron chi connectivity index (χ0n) is 12.4. The van der Waals surface area contributed by atoms with Crippen LogP contribution in [0.2, 0.25) is 5.02 Å². The quantitative estimate of drug-likeness (QED) is 0.868. The summed E-state index contributed by atoms with van der Waals surface area (Å²) >= 11 is 5.69. The first-order valence-electron chi connectivity index (χ1n) is 6.71. The number of amides is 1. The van der Waals surface area contributed by atoms with E-state index >= 15 is 0 Å². The molecule has 0 saturated heterocycles. The summed E-state index contributed by atoms with van der Waals surface area (Å²) in [5.41, 5.74) is -1.53. The van der Waals surface area contributed by atoms with Crippen molar-refractivity contribution >= 4 is 23.5 Å². The molecule has 1 unspecified atom stereocenters. The molecule has 0 spiro atoms. The van der Waals surface area contributed by atoms with E-state index < -0.39 is 23.2 Å². The molecule has 0 aliphatic heterocycles. The van der Waals surface area contributed by atoms with Crippen molar-refractivity contribution in [3.05, 3.63) is 40.9 Å². The van der Waals surface area contributed by atoms with E-state index in [-0.39, 0.29) is 22.8 Å². The molecule has 0 aliphatic rings. The number of carbonyl (C=O) groups is 2. The van der Waals surface area contributed by atoms with Gasteiger partial charge in [-0.1, -0.05) is 29.8 Å². The molecular formula is C14H14ClFN4O3. The van der Waals surface area contributed by atoms with Gasteiger partial charge in [-0.25, -0.2) is 13.9 Å². The van der Waals surface area contributed by atoms with Crippen molar-refractivity contribution in [1.29, 1.82) is 0 Å². The number of halogens is 2. The Labute approximate surface area is 136 Å². The topological polar surface area (TPSA) is 97.1 Å². The van der Waals surface area contributed by atoms with Crippen molar-refractivity contribution in [3.63, 3.8) is 0 Å². The summed E-state index contributed by atoms with van der Waals surface area (Å²) in [5, 5.41) is 18.8. The van der Waals surface area contributed by atoms with Gasteiger partial charge in [0.15, 0.2) is 11.5 Å². The normalized spacial score (nSPS) is 13.4. The summed E-state index contributed by atoms with van der Waals surface area (Å²) < 4.78 is 15.0. The SMILES string of the molecule is CCC(C)(NC(=O)c1cn(-c2cccc(Cl)c2F)nn1)C(=O)O. The first kappa shape index (κ1) is 16.9. The maximum absolute atomic E-state index is 13.9. The first-order chi connectivity index (χ1) is 10.8. The molecule has 0 bridgehead atoms. The van der Waals surface area contributed by atoms with Crippen LogP contribution >= 0.6 is 11.6 Å². The molecule has 9 heteroatoms. The smallest absolute Gasteiger partial charge is 0.329 e. The average molecular weight is 341 g/mol. The summed E-state index contributed by atoms with van der Waals surface area (Å²) in [6.07, 6.45) is 1.38. The number of aromatic nitrogens is 3. The number of rotatable bonds is 5.